The fraction of sp³-hybridized carbons (Fsp3) is 0.250. The fourth-order valence-electron chi connectivity index (χ4n) is 2.61. The Hall–Kier alpha value is -2.30. The summed E-state index contributed by atoms with van der Waals surface area (Å²) >= 11 is 5.96. The molecule has 3 rings (SSSR count). The maximum Gasteiger partial charge on any atom is 0.123 e. The van der Waals surface area contributed by atoms with Crippen LogP contribution in [0, 0.1) is 0 Å². The average Bonchev–Trinajstić information content (AvgIpc) is 3.02. The van der Waals surface area contributed by atoms with Crippen molar-refractivity contribution in [1.29, 1.82) is 0 Å². The molecule has 0 fully saturated rings. The highest BCUT2D eigenvalue weighted by atomic mass is 35.5. The van der Waals surface area contributed by atoms with Gasteiger partial charge in [-0.3, -0.25) is 4.90 Å². The normalized spacial score (nSPS) is 11.0. The molecule has 0 amide bonds. The molecule has 1 aromatic heterocycles. The van der Waals surface area contributed by atoms with E-state index in [4.69, 9.17) is 16.3 Å². The Kier molecular flexibility index (Phi) is 6.09. The lowest BCUT2D eigenvalue weighted by atomic mass is 10.2. The van der Waals surface area contributed by atoms with Crippen LogP contribution in [0.3, 0.4) is 0 Å². The number of benzene rings is 2. The highest BCUT2D eigenvalue weighted by Gasteiger charge is 2.07. The molecule has 5 heteroatoms. The van der Waals surface area contributed by atoms with Gasteiger partial charge in [-0.25, -0.2) is 4.98 Å². The smallest absolute Gasteiger partial charge is 0.123 e. The van der Waals surface area contributed by atoms with Crippen LogP contribution in [0.4, 0.5) is 0 Å². The van der Waals surface area contributed by atoms with Gasteiger partial charge in [-0.1, -0.05) is 48.0 Å². The maximum atomic E-state index is 5.96. The van der Waals surface area contributed by atoms with E-state index in [0.29, 0.717) is 11.6 Å². The van der Waals surface area contributed by atoms with E-state index in [1.54, 1.807) is 0 Å². The van der Waals surface area contributed by atoms with E-state index in [1.165, 1.54) is 5.56 Å². The summed E-state index contributed by atoms with van der Waals surface area (Å²) in [6.07, 6.45) is 3.88. The first-order valence-corrected chi connectivity index (χ1v) is 8.69. The van der Waals surface area contributed by atoms with Gasteiger partial charge < -0.3 is 9.30 Å². The number of aromatic nitrogens is 2. The third-order valence-corrected chi connectivity index (χ3v) is 4.18. The van der Waals surface area contributed by atoms with Gasteiger partial charge in [0.25, 0.3) is 0 Å². The van der Waals surface area contributed by atoms with Crippen molar-refractivity contribution in [2.45, 2.75) is 13.1 Å². The Labute approximate surface area is 153 Å². The number of halogens is 1. The van der Waals surface area contributed by atoms with Crippen LogP contribution in [0.25, 0.3) is 0 Å². The molecule has 0 atom stereocenters. The highest BCUT2D eigenvalue weighted by molar-refractivity contribution is 6.30. The van der Waals surface area contributed by atoms with Crippen LogP contribution in [-0.2, 0) is 13.1 Å². The number of hydrogen-bond donors (Lipinski definition) is 0. The second-order valence-corrected chi connectivity index (χ2v) is 6.44. The van der Waals surface area contributed by atoms with Crippen LogP contribution in [-0.4, -0.2) is 34.7 Å². The van der Waals surface area contributed by atoms with E-state index in [0.717, 1.165) is 31.2 Å². The molecule has 0 bridgehead atoms. The molecule has 0 aliphatic rings. The minimum Gasteiger partial charge on any atom is -0.492 e. The van der Waals surface area contributed by atoms with Crippen molar-refractivity contribution < 1.29 is 4.74 Å². The molecule has 0 saturated carbocycles. The Morgan fingerprint density at radius 3 is 2.76 bits per heavy atom. The van der Waals surface area contributed by atoms with Gasteiger partial charge >= 0.3 is 0 Å². The first-order valence-electron chi connectivity index (χ1n) is 8.31. The lowest BCUT2D eigenvalue weighted by molar-refractivity contribution is 0.228. The van der Waals surface area contributed by atoms with Gasteiger partial charge in [0.15, 0.2) is 0 Å². The first-order chi connectivity index (χ1) is 12.2. The van der Waals surface area contributed by atoms with Crippen molar-refractivity contribution in [1.82, 2.24) is 14.5 Å². The van der Waals surface area contributed by atoms with Crippen molar-refractivity contribution in [2.24, 2.45) is 0 Å². The molecule has 0 radical (unpaired) electrons. The second kappa shape index (κ2) is 8.70. The van der Waals surface area contributed by atoms with Crippen molar-refractivity contribution >= 4 is 11.6 Å². The molecule has 0 N–H and O–H groups in total. The van der Waals surface area contributed by atoms with Gasteiger partial charge in [-0.15, -0.1) is 0 Å². The van der Waals surface area contributed by atoms with Gasteiger partial charge in [0, 0.05) is 30.5 Å². The Balaban J connectivity index is 1.50. The predicted octanol–water partition coefficient (Wildman–Crippen LogP) is 4.10. The molecular weight excluding hydrogens is 334 g/mol. The number of rotatable bonds is 8. The van der Waals surface area contributed by atoms with Gasteiger partial charge in [0.2, 0.25) is 0 Å². The summed E-state index contributed by atoms with van der Waals surface area (Å²) in [6, 6.07) is 17.9. The first kappa shape index (κ1) is 17.5. The number of ether oxygens (including phenoxy) is 1. The number of imidazole rings is 1. The summed E-state index contributed by atoms with van der Waals surface area (Å²) < 4.78 is 7.93. The largest absolute Gasteiger partial charge is 0.492 e. The van der Waals surface area contributed by atoms with E-state index in [1.807, 2.05) is 42.7 Å². The second-order valence-electron chi connectivity index (χ2n) is 6.00. The van der Waals surface area contributed by atoms with Gasteiger partial charge in [0.1, 0.15) is 18.2 Å². The molecule has 0 saturated heterocycles. The van der Waals surface area contributed by atoms with Crippen molar-refractivity contribution in [3.05, 3.63) is 83.4 Å². The summed E-state index contributed by atoms with van der Waals surface area (Å²) in [5.74, 6) is 1.85. The van der Waals surface area contributed by atoms with Crippen LogP contribution < -0.4 is 4.74 Å². The molecule has 0 aliphatic carbocycles. The minimum atomic E-state index is 0.607. The monoisotopic (exact) mass is 355 g/mol. The maximum absolute atomic E-state index is 5.96. The summed E-state index contributed by atoms with van der Waals surface area (Å²) in [7, 11) is 2.07. The highest BCUT2D eigenvalue weighted by Crippen LogP contribution is 2.17. The summed E-state index contributed by atoms with van der Waals surface area (Å²) in [4.78, 5) is 6.70. The molecular formula is C20H22ClN3O. The standard InChI is InChI=1S/C20H22ClN3O/c1-23(12-13-25-19-9-5-8-18(21)14-19)16-20-22-10-11-24(20)15-17-6-3-2-4-7-17/h2-11,14H,12-13,15-16H2,1H3. The van der Waals surface area contributed by atoms with Gasteiger partial charge in [-0.2, -0.15) is 0 Å². The molecule has 0 unspecified atom stereocenters. The molecule has 0 aliphatic heterocycles. The number of hydrogen-bond acceptors (Lipinski definition) is 3. The molecule has 2 aromatic carbocycles. The van der Waals surface area contributed by atoms with Crippen LogP contribution >= 0.6 is 11.6 Å². The zero-order chi connectivity index (χ0) is 17.5. The van der Waals surface area contributed by atoms with Gasteiger partial charge in [0.05, 0.1) is 6.54 Å². The Bertz CT molecular complexity index is 788. The van der Waals surface area contributed by atoms with Crippen LogP contribution in [0.1, 0.15) is 11.4 Å². The Morgan fingerprint density at radius 2 is 1.96 bits per heavy atom. The van der Waals surface area contributed by atoms with Crippen LogP contribution in [0.15, 0.2) is 67.0 Å². The predicted molar refractivity (Wildman–Crippen MR) is 101 cm³/mol. The number of nitrogens with zero attached hydrogens (tertiary/aromatic N) is 3. The van der Waals surface area contributed by atoms with Crippen LogP contribution in [0.2, 0.25) is 5.02 Å². The Morgan fingerprint density at radius 1 is 1.12 bits per heavy atom. The van der Waals surface area contributed by atoms with Gasteiger partial charge in [-0.05, 0) is 30.8 Å². The quantitative estimate of drug-likeness (QED) is 0.609. The lowest BCUT2D eigenvalue weighted by Crippen LogP contribution is -2.25. The van der Waals surface area contributed by atoms with E-state index in [2.05, 4.69) is 45.8 Å². The SMILES string of the molecule is CN(CCOc1cccc(Cl)c1)Cc1nccn1Cc1ccccc1. The zero-order valence-electron chi connectivity index (χ0n) is 14.3. The molecule has 0 spiro atoms. The average molecular weight is 356 g/mol. The number of likely N-dealkylation sites (N-methyl/N-ethyl adjacent to an activating group) is 1. The lowest BCUT2D eigenvalue weighted by Gasteiger charge is -2.17. The third kappa shape index (κ3) is 5.34. The minimum absolute atomic E-state index is 0.607. The topological polar surface area (TPSA) is 30.3 Å². The molecule has 3 aromatic rings. The van der Waals surface area contributed by atoms with Crippen LogP contribution in [0.5, 0.6) is 5.75 Å². The zero-order valence-corrected chi connectivity index (χ0v) is 15.1. The molecule has 4 nitrogen and oxygen atoms in total. The third-order valence-electron chi connectivity index (χ3n) is 3.95. The summed E-state index contributed by atoms with van der Waals surface area (Å²) in [5, 5.41) is 0.689. The fourth-order valence-corrected chi connectivity index (χ4v) is 2.79. The van der Waals surface area contributed by atoms with Crippen molar-refractivity contribution in [3.8, 4) is 5.75 Å². The molecule has 25 heavy (non-hydrogen) atoms. The van der Waals surface area contributed by atoms with E-state index >= 15 is 0 Å². The van der Waals surface area contributed by atoms with Crippen molar-refractivity contribution in [3.63, 3.8) is 0 Å². The van der Waals surface area contributed by atoms with E-state index < -0.39 is 0 Å². The molecule has 1 heterocycles. The molecule has 130 valence electrons. The summed E-state index contributed by atoms with van der Waals surface area (Å²) in [6.45, 7) is 3.03. The van der Waals surface area contributed by atoms with Crippen molar-refractivity contribution in [2.75, 3.05) is 20.2 Å². The van der Waals surface area contributed by atoms with E-state index in [-0.39, 0.29) is 0 Å². The van der Waals surface area contributed by atoms with E-state index in [9.17, 15) is 0 Å². The summed E-state index contributed by atoms with van der Waals surface area (Å²) in [5.41, 5.74) is 1.27.